The summed E-state index contributed by atoms with van der Waals surface area (Å²) in [5, 5.41) is 0. The molecule has 0 bridgehead atoms. The van der Waals surface area contributed by atoms with E-state index < -0.39 is 0 Å². The van der Waals surface area contributed by atoms with Gasteiger partial charge in [0.1, 0.15) is 6.29 Å². The maximum Gasteiger partial charge on any atom is 0.129 e. The minimum absolute atomic E-state index is 0.291. The van der Waals surface area contributed by atoms with E-state index in [1.165, 1.54) is 0 Å². The third-order valence-electron chi connectivity index (χ3n) is 4.12. The maximum atomic E-state index is 11.4. The van der Waals surface area contributed by atoms with Gasteiger partial charge in [0.25, 0.3) is 0 Å². The normalized spacial score (nSPS) is 33.3. The van der Waals surface area contributed by atoms with E-state index in [2.05, 4.69) is 20.8 Å². The fourth-order valence-corrected chi connectivity index (χ4v) is 2.59. The van der Waals surface area contributed by atoms with Gasteiger partial charge in [-0.05, 0) is 32.1 Å². The van der Waals surface area contributed by atoms with Gasteiger partial charge >= 0.3 is 0 Å². The molecular weight excluding hydrogens is 176 g/mol. The molecule has 0 aromatic rings. The highest BCUT2D eigenvalue weighted by Gasteiger charge is 2.54. The number of aldehydes is 1. The molecule has 0 amide bonds. The van der Waals surface area contributed by atoms with Gasteiger partial charge in [-0.2, -0.15) is 0 Å². The van der Waals surface area contributed by atoms with Gasteiger partial charge < -0.3 is 9.53 Å². The van der Waals surface area contributed by atoms with Gasteiger partial charge in [0, 0.05) is 6.61 Å². The Hall–Kier alpha value is -0.370. The topological polar surface area (TPSA) is 26.3 Å². The third kappa shape index (κ3) is 1.50. The molecule has 0 radical (unpaired) electrons. The Kier molecular flexibility index (Phi) is 3.05. The molecule has 1 fully saturated rings. The zero-order valence-electron chi connectivity index (χ0n) is 9.96. The molecular formula is C12H22O2. The van der Waals surface area contributed by atoms with E-state index in [4.69, 9.17) is 4.74 Å². The van der Waals surface area contributed by atoms with Crippen LogP contribution in [0.4, 0.5) is 0 Å². The summed E-state index contributed by atoms with van der Waals surface area (Å²) in [6, 6.07) is 0. The first-order valence-corrected chi connectivity index (χ1v) is 5.47. The van der Waals surface area contributed by atoms with Gasteiger partial charge in [0.05, 0.1) is 11.0 Å². The van der Waals surface area contributed by atoms with Crippen LogP contribution in [-0.4, -0.2) is 18.5 Å². The SMILES string of the molecule is CC(C)C(C)C1(C=O)CCOC1(C)C. The lowest BCUT2D eigenvalue weighted by atomic mass is 9.63. The van der Waals surface area contributed by atoms with Crippen LogP contribution in [0.3, 0.4) is 0 Å². The molecule has 0 saturated carbocycles. The van der Waals surface area contributed by atoms with Crippen molar-refractivity contribution in [1.82, 2.24) is 0 Å². The van der Waals surface area contributed by atoms with Crippen LogP contribution in [0.5, 0.6) is 0 Å². The minimum Gasteiger partial charge on any atom is -0.374 e. The molecule has 0 spiro atoms. The predicted octanol–water partition coefficient (Wildman–Crippen LogP) is 2.66. The minimum atomic E-state index is -0.307. The van der Waals surface area contributed by atoms with Crippen molar-refractivity contribution in [2.24, 2.45) is 17.3 Å². The smallest absolute Gasteiger partial charge is 0.129 e. The Morgan fingerprint density at radius 2 is 1.86 bits per heavy atom. The Bertz CT molecular complexity index is 220. The summed E-state index contributed by atoms with van der Waals surface area (Å²) in [7, 11) is 0. The van der Waals surface area contributed by atoms with E-state index in [-0.39, 0.29) is 11.0 Å². The van der Waals surface area contributed by atoms with E-state index >= 15 is 0 Å². The van der Waals surface area contributed by atoms with Gasteiger partial charge in [-0.15, -0.1) is 0 Å². The molecule has 2 nitrogen and oxygen atoms in total. The van der Waals surface area contributed by atoms with Gasteiger partial charge in [-0.3, -0.25) is 0 Å². The summed E-state index contributed by atoms with van der Waals surface area (Å²) in [5.41, 5.74) is -0.598. The predicted molar refractivity (Wildman–Crippen MR) is 57.1 cm³/mol. The number of ether oxygens (including phenoxy) is 1. The summed E-state index contributed by atoms with van der Waals surface area (Å²) >= 11 is 0. The molecule has 14 heavy (non-hydrogen) atoms. The first-order valence-electron chi connectivity index (χ1n) is 5.47. The van der Waals surface area contributed by atoms with Crippen molar-refractivity contribution < 1.29 is 9.53 Å². The van der Waals surface area contributed by atoms with Gasteiger partial charge in [-0.1, -0.05) is 20.8 Å². The van der Waals surface area contributed by atoms with Crippen molar-refractivity contribution in [3.05, 3.63) is 0 Å². The summed E-state index contributed by atoms with van der Waals surface area (Å²) in [5.74, 6) is 0.888. The first-order chi connectivity index (χ1) is 6.37. The van der Waals surface area contributed by atoms with E-state index in [0.717, 1.165) is 12.7 Å². The van der Waals surface area contributed by atoms with E-state index in [0.29, 0.717) is 18.4 Å². The fourth-order valence-electron chi connectivity index (χ4n) is 2.59. The van der Waals surface area contributed by atoms with Gasteiger partial charge in [-0.25, -0.2) is 0 Å². The molecule has 82 valence electrons. The van der Waals surface area contributed by atoms with Crippen LogP contribution < -0.4 is 0 Å². The molecule has 2 unspecified atom stereocenters. The van der Waals surface area contributed by atoms with Crippen LogP contribution in [0.15, 0.2) is 0 Å². The zero-order valence-corrected chi connectivity index (χ0v) is 9.96. The Balaban J connectivity index is 3.02. The lowest BCUT2D eigenvalue weighted by Crippen LogP contribution is -2.47. The van der Waals surface area contributed by atoms with Crippen molar-refractivity contribution in [2.45, 2.75) is 46.6 Å². The average molecular weight is 198 g/mol. The van der Waals surface area contributed by atoms with Crippen LogP contribution in [0, 0.1) is 17.3 Å². The molecule has 1 aliphatic rings. The second-order valence-electron chi connectivity index (χ2n) is 5.30. The molecule has 2 atom stereocenters. The van der Waals surface area contributed by atoms with Crippen molar-refractivity contribution in [2.75, 3.05) is 6.61 Å². The monoisotopic (exact) mass is 198 g/mol. The van der Waals surface area contributed by atoms with Crippen LogP contribution in [0.25, 0.3) is 0 Å². The summed E-state index contributed by atoms with van der Waals surface area (Å²) < 4.78 is 5.69. The number of carbonyl (C=O) groups is 1. The first kappa shape index (κ1) is 11.7. The van der Waals surface area contributed by atoms with Gasteiger partial charge in [0.2, 0.25) is 0 Å². The number of hydrogen-bond acceptors (Lipinski definition) is 2. The number of rotatable bonds is 3. The van der Waals surface area contributed by atoms with E-state index in [1.807, 2.05) is 13.8 Å². The number of hydrogen-bond donors (Lipinski definition) is 0. The van der Waals surface area contributed by atoms with Crippen molar-refractivity contribution in [3.63, 3.8) is 0 Å². The van der Waals surface area contributed by atoms with Crippen LogP contribution in [0.2, 0.25) is 0 Å². The Morgan fingerprint density at radius 1 is 1.29 bits per heavy atom. The lowest BCUT2D eigenvalue weighted by Gasteiger charge is -2.41. The highest BCUT2D eigenvalue weighted by atomic mass is 16.5. The summed E-state index contributed by atoms with van der Waals surface area (Å²) in [6.07, 6.45) is 1.99. The largest absolute Gasteiger partial charge is 0.374 e. The standard InChI is InChI=1S/C12H22O2/c1-9(2)10(3)12(8-13)6-7-14-11(12,4)5/h8-10H,6-7H2,1-5H3. The molecule has 1 aliphatic heterocycles. The van der Waals surface area contributed by atoms with Crippen LogP contribution >= 0.6 is 0 Å². The van der Waals surface area contributed by atoms with E-state index in [1.54, 1.807) is 0 Å². The summed E-state index contributed by atoms with van der Waals surface area (Å²) in [4.78, 5) is 11.4. The lowest BCUT2D eigenvalue weighted by molar-refractivity contribution is -0.132. The fraction of sp³-hybridized carbons (Fsp3) is 0.917. The van der Waals surface area contributed by atoms with Crippen molar-refractivity contribution >= 4 is 6.29 Å². The van der Waals surface area contributed by atoms with E-state index in [9.17, 15) is 4.79 Å². The molecule has 1 heterocycles. The highest BCUT2D eigenvalue weighted by Crippen LogP contribution is 2.49. The quantitative estimate of drug-likeness (QED) is 0.652. The zero-order chi connectivity index (χ0) is 11.0. The highest BCUT2D eigenvalue weighted by molar-refractivity contribution is 5.63. The molecule has 0 aliphatic carbocycles. The molecule has 1 rings (SSSR count). The van der Waals surface area contributed by atoms with Crippen molar-refractivity contribution in [1.29, 1.82) is 0 Å². The average Bonchev–Trinajstić information content (AvgIpc) is 2.40. The molecule has 0 N–H and O–H groups in total. The molecule has 2 heteroatoms. The van der Waals surface area contributed by atoms with Crippen LogP contribution in [0.1, 0.15) is 41.0 Å². The van der Waals surface area contributed by atoms with Crippen LogP contribution in [-0.2, 0) is 9.53 Å². The Labute approximate surface area is 87.0 Å². The Morgan fingerprint density at radius 3 is 2.14 bits per heavy atom. The number of carbonyl (C=O) groups excluding carboxylic acids is 1. The van der Waals surface area contributed by atoms with Crippen molar-refractivity contribution in [3.8, 4) is 0 Å². The van der Waals surface area contributed by atoms with Gasteiger partial charge in [0.15, 0.2) is 0 Å². The molecule has 0 aromatic heterocycles. The second-order valence-corrected chi connectivity index (χ2v) is 5.30. The maximum absolute atomic E-state index is 11.4. The molecule has 0 aromatic carbocycles. The summed E-state index contributed by atoms with van der Waals surface area (Å²) in [6.45, 7) is 11.3. The second kappa shape index (κ2) is 3.65. The third-order valence-corrected chi connectivity index (χ3v) is 4.12. The molecule has 1 saturated heterocycles.